The van der Waals surface area contributed by atoms with Gasteiger partial charge in [-0.2, -0.15) is 5.10 Å². The molecular formula is C24H23FN6O6. The Morgan fingerprint density at radius 2 is 1.92 bits per heavy atom. The average molecular weight is 510 g/mol. The highest BCUT2D eigenvalue weighted by molar-refractivity contribution is 5.98. The number of benzene rings is 1. The summed E-state index contributed by atoms with van der Waals surface area (Å²) in [7, 11) is 0. The van der Waals surface area contributed by atoms with Crippen molar-refractivity contribution in [2.45, 2.75) is 32.2 Å². The normalized spacial score (nSPS) is 17.6. The number of rotatable bonds is 7. The third kappa shape index (κ3) is 5.06. The van der Waals surface area contributed by atoms with Gasteiger partial charge in [0.1, 0.15) is 11.4 Å². The molecule has 3 heterocycles. The van der Waals surface area contributed by atoms with Crippen LogP contribution in [0, 0.1) is 17.7 Å². The zero-order chi connectivity index (χ0) is 26.1. The van der Waals surface area contributed by atoms with Crippen molar-refractivity contribution in [3.05, 3.63) is 63.8 Å². The minimum atomic E-state index is -0.801. The van der Waals surface area contributed by atoms with Crippen LogP contribution in [0.2, 0.25) is 0 Å². The van der Waals surface area contributed by atoms with E-state index in [2.05, 4.69) is 25.7 Å². The minimum absolute atomic E-state index is 0.0596. The van der Waals surface area contributed by atoms with Gasteiger partial charge in [0.15, 0.2) is 17.0 Å². The van der Waals surface area contributed by atoms with Gasteiger partial charge < -0.3 is 20.2 Å². The fourth-order valence-electron chi connectivity index (χ4n) is 4.54. The van der Waals surface area contributed by atoms with Gasteiger partial charge in [0.25, 0.3) is 11.8 Å². The van der Waals surface area contributed by atoms with Crippen LogP contribution in [0.1, 0.15) is 52.2 Å². The molecule has 4 N–H and O–H groups in total. The molecule has 4 aromatic rings. The largest absolute Gasteiger partial charge is 0.481 e. The summed E-state index contributed by atoms with van der Waals surface area (Å²) >= 11 is 0. The lowest BCUT2D eigenvalue weighted by Crippen LogP contribution is -2.34. The van der Waals surface area contributed by atoms with Gasteiger partial charge >= 0.3 is 11.7 Å². The van der Waals surface area contributed by atoms with E-state index in [1.54, 1.807) is 18.2 Å². The lowest BCUT2D eigenvalue weighted by atomic mass is 9.82. The third-order valence-corrected chi connectivity index (χ3v) is 6.58. The van der Waals surface area contributed by atoms with E-state index in [4.69, 9.17) is 9.52 Å². The first-order valence-corrected chi connectivity index (χ1v) is 11.7. The first-order valence-electron chi connectivity index (χ1n) is 11.7. The molecular weight excluding hydrogens is 487 g/mol. The maximum atomic E-state index is 14.3. The summed E-state index contributed by atoms with van der Waals surface area (Å²) in [5.41, 5.74) is 1.04. The lowest BCUT2D eigenvalue weighted by molar-refractivity contribution is -0.143. The van der Waals surface area contributed by atoms with Crippen LogP contribution in [0.25, 0.3) is 16.7 Å². The predicted molar refractivity (Wildman–Crippen MR) is 126 cm³/mol. The third-order valence-electron chi connectivity index (χ3n) is 6.58. The molecule has 12 nitrogen and oxygen atoms in total. The van der Waals surface area contributed by atoms with Gasteiger partial charge in [-0.3, -0.25) is 19.4 Å². The number of amides is 2. The Morgan fingerprint density at radius 3 is 2.68 bits per heavy atom. The number of nitrogens with one attached hydrogen (secondary N) is 3. The fraction of sp³-hybridized carbons (Fsp3) is 0.333. The van der Waals surface area contributed by atoms with Gasteiger partial charge in [0, 0.05) is 19.2 Å². The van der Waals surface area contributed by atoms with Crippen molar-refractivity contribution in [2.75, 3.05) is 6.54 Å². The maximum Gasteiger partial charge on any atom is 0.417 e. The molecule has 5 rings (SSSR count). The van der Waals surface area contributed by atoms with Crippen molar-refractivity contribution in [3.63, 3.8) is 0 Å². The second-order valence-corrected chi connectivity index (χ2v) is 9.05. The molecule has 0 spiro atoms. The number of oxazole rings is 1. The Labute approximate surface area is 207 Å². The zero-order valence-electron chi connectivity index (χ0n) is 19.5. The van der Waals surface area contributed by atoms with Crippen LogP contribution in [-0.2, 0) is 11.3 Å². The summed E-state index contributed by atoms with van der Waals surface area (Å²) in [5, 5.41) is 18.5. The van der Waals surface area contributed by atoms with Crippen molar-refractivity contribution < 1.29 is 28.3 Å². The topological polar surface area (TPSA) is 172 Å². The molecule has 0 aliphatic heterocycles. The highest BCUT2D eigenvalue weighted by Gasteiger charge is 2.27. The Morgan fingerprint density at radius 1 is 1.14 bits per heavy atom. The van der Waals surface area contributed by atoms with Gasteiger partial charge in [-0.15, -0.1) is 0 Å². The number of halogens is 1. The van der Waals surface area contributed by atoms with Crippen molar-refractivity contribution in [1.29, 1.82) is 0 Å². The van der Waals surface area contributed by atoms with Crippen LogP contribution in [0.5, 0.6) is 0 Å². The standard InChI is InChI=1S/C24H23FN6O6/c25-15-11-28-31-18(22(33)27-9-12-1-4-14(5-2-12)23(34)35)8-17(29-20(15)31)21(32)26-10-13-3-6-19-16(7-13)30-24(36)37-19/h3,6-8,11-12,14H,1-2,4-5,9-10H2,(H,26,32)(H,27,33)(H,30,36)(H,34,35). The first kappa shape index (κ1) is 24.2. The summed E-state index contributed by atoms with van der Waals surface area (Å²) in [6, 6.07) is 6.16. The second kappa shape index (κ2) is 9.84. The summed E-state index contributed by atoms with van der Waals surface area (Å²) in [6.45, 7) is 0.399. The molecule has 192 valence electrons. The van der Waals surface area contributed by atoms with Crippen molar-refractivity contribution in [3.8, 4) is 0 Å². The van der Waals surface area contributed by atoms with E-state index in [9.17, 15) is 23.6 Å². The highest BCUT2D eigenvalue weighted by Crippen LogP contribution is 2.28. The highest BCUT2D eigenvalue weighted by atomic mass is 19.1. The fourth-order valence-corrected chi connectivity index (χ4v) is 4.54. The van der Waals surface area contributed by atoms with Crippen LogP contribution in [0.4, 0.5) is 4.39 Å². The van der Waals surface area contributed by atoms with E-state index in [0.29, 0.717) is 48.9 Å². The van der Waals surface area contributed by atoms with Gasteiger partial charge in [-0.05, 0) is 49.3 Å². The van der Waals surface area contributed by atoms with Crippen molar-refractivity contribution in [1.82, 2.24) is 30.2 Å². The molecule has 13 heteroatoms. The number of carboxylic acids is 1. The Kier molecular flexibility index (Phi) is 6.42. The van der Waals surface area contributed by atoms with E-state index >= 15 is 0 Å². The molecule has 1 aliphatic rings. The quantitative estimate of drug-likeness (QED) is 0.292. The molecule has 1 saturated carbocycles. The zero-order valence-corrected chi connectivity index (χ0v) is 19.5. The number of carboxylic acid groups (broad SMARTS) is 1. The molecule has 0 bridgehead atoms. The van der Waals surface area contributed by atoms with Crippen LogP contribution in [-0.4, -0.2) is 49.0 Å². The number of fused-ring (bicyclic) bond motifs is 2. The molecule has 1 aliphatic carbocycles. The molecule has 0 saturated heterocycles. The molecule has 1 aromatic carbocycles. The number of hydrogen-bond acceptors (Lipinski definition) is 7. The second-order valence-electron chi connectivity index (χ2n) is 9.05. The number of aromatic nitrogens is 4. The number of aromatic amines is 1. The van der Waals surface area contributed by atoms with Crippen LogP contribution >= 0.6 is 0 Å². The number of nitrogens with zero attached hydrogens (tertiary/aromatic N) is 3. The SMILES string of the molecule is O=C(NCc1ccc2oc(=O)[nH]c2c1)c1cc(C(=O)NCC2CCC(C(=O)O)CC2)n2ncc(F)c2n1. The maximum absolute atomic E-state index is 14.3. The summed E-state index contributed by atoms with van der Waals surface area (Å²) < 4.78 is 20.3. The number of aliphatic carboxylic acids is 1. The van der Waals surface area contributed by atoms with E-state index in [0.717, 1.165) is 10.7 Å². The van der Waals surface area contributed by atoms with Crippen LogP contribution in [0.15, 0.2) is 39.7 Å². The van der Waals surface area contributed by atoms with Gasteiger partial charge in [0.2, 0.25) is 0 Å². The van der Waals surface area contributed by atoms with Crippen molar-refractivity contribution in [2.24, 2.45) is 11.8 Å². The summed E-state index contributed by atoms with van der Waals surface area (Å²) in [5.74, 6) is -3.60. The minimum Gasteiger partial charge on any atom is -0.481 e. The van der Waals surface area contributed by atoms with Crippen molar-refractivity contribution >= 4 is 34.5 Å². The van der Waals surface area contributed by atoms with E-state index in [-0.39, 0.29) is 35.4 Å². The van der Waals surface area contributed by atoms with Gasteiger partial charge in [0.05, 0.1) is 17.6 Å². The molecule has 1 fully saturated rings. The Balaban J connectivity index is 1.29. The number of carbonyl (C=O) groups excluding carboxylic acids is 2. The van der Waals surface area contributed by atoms with Gasteiger partial charge in [-0.1, -0.05) is 6.07 Å². The molecule has 2 amide bonds. The molecule has 0 radical (unpaired) electrons. The summed E-state index contributed by atoms with van der Waals surface area (Å²) in [6.07, 6.45) is 3.35. The number of hydrogen-bond donors (Lipinski definition) is 4. The average Bonchev–Trinajstić information content (AvgIpc) is 3.46. The van der Waals surface area contributed by atoms with Crippen LogP contribution in [0.3, 0.4) is 0 Å². The molecule has 0 atom stereocenters. The first-order chi connectivity index (χ1) is 17.8. The Bertz CT molecular complexity index is 1560. The van der Waals surface area contributed by atoms with E-state index < -0.39 is 29.4 Å². The number of carbonyl (C=O) groups is 3. The monoisotopic (exact) mass is 510 g/mol. The summed E-state index contributed by atoms with van der Waals surface area (Å²) in [4.78, 5) is 54.9. The van der Waals surface area contributed by atoms with E-state index in [1.807, 2.05) is 0 Å². The Hall–Kier alpha value is -4.55. The smallest absolute Gasteiger partial charge is 0.417 e. The predicted octanol–water partition coefficient (Wildman–Crippen LogP) is 1.85. The molecule has 0 unspecified atom stereocenters. The van der Waals surface area contributed by atoms with Crippen LogP contribution < -0.4 is 16.4 Å². The molecule has 37 heavy (non-hydrogen) atoms. The lowest BCUT2D eigenvalue weighted by Gasteiger charge is -2.26. The number of H-pyrrole nitrogens is 1. The molecule has 3 aromatic heterocycles. The van der Waals surface area contributed by atoms with Gasteiger partial charge in [-0.25, -0.2) is 18.7 Å². The van der Waals surface area contributed by atoms with E-state index in [1.165, 1.54) is 6.07 Å².